The smallest absolute Gasteiger partial charge is 0.197 e. The average Bonchev–Trinajstić information content (AvgIpc) is 3.14. The minimum Gasteiger partial charge on any atom is -0.353 e. The highest BCUT2D eigenvalue weighted by molar-refractivity contribution is 6.04. The number of ether oxygens (including phenoxy) is 1. The summed E-state index contributed by atoms with van der Waals surface area (Å²) in [4.78, 5) is 12.4. The van der Waals surface area contributed by atoms with E-state index in [4.69, 9.17) is 4.74 Å². The lowest BCUT2D eigenvalue weighted by atomic mass is 9.93. The van der Waals surface area contributed by atoms with E-state index in [-0.39, 0.29) is 11.9 Å². The Balaban J connectivity index is 1.85. The highest BCUT2D eigenvalue weighted by Crippen LogP contribution is 2.50. The van der Waals surface area contributed by atoms with E-state index in [0.29, 0.717) is 5.56 Å². The van der Waals surface area contributed by atoms with Gasteiger partial charge in [0.1, 0.15) is 6.10 Å². The molecule has 0 bridgehead atoms. The summed E-state index contributed by atoms with van der Waals surface area (Å²) >= 11 is 0. The molecule has 1 heterocycles. The van der Waals surface area contributed by atoms with Gasteiger partial charge in [0.15, 0.2) is 11.4 Å². The molecular formula is C16H14O2. The lowest BCUT2D eigenvalue weighted by Gasteiger charge is -2.05. The van der Waals surface area contributed by atoms with Crippen molar-refractivity contribution in [2.24, 2.45) is 0 Å². The Morgan fingerprint density at radius 1 is 1.00 bits per heavy atom. The number of hydrogen-bond donors (Lipinski definition) is 0. The minimum absolute atomic E-state index is 0.0527. The molecule has 0 aromatic heterocycles. The molecule has 2 heteroatoms. The van der Waals surface area contributed by atoms with Gasteiger partial charge in [-0.1, -0.05) is 60.7 Å². The van der Waals surface area contributed by atoms with Gasteiger partial charge < -0.3 is 4.74 Å². The molecule has 0 amide bonds. The predicted octanol–water partition coefficient (Wildman–Crippen LogP) is 3.40. The molecule has 2 atom stereocenters. The molecule has 18 heavy (non-hydrogen) atoms. The molecule has 1 saturated heterocycles. The summed E-state index contributed by atoms with van der Waals surface area (Å²) in [6.45, 7) is 1.86. The van der Waals surface area contributed by atoms with Crippen LogP contribution in [0.5, 0.6) is 0 Å². The lowest BCUT2D eigenvalue weighted by Crippen LogP contribution is -2.21. The van der Waals surface area contributed by atoms with Crippen molar-refractivity contribution in [3.8, 4) is 0 Å². The third kappa shape index (κ3) is 1.75. The van der Waals surface area contributed by atoms with Gasteiger partial charge in [0.25, 0.3) is 0 Å². The maximum atomic E-state index is 12.4. The number of epoxide rings is 1. The summed E-state index contributed by atoms with van der Waals surface area (Å²) in [5.41, 5.74) is 1.06. The molecule has 2 aromatic carbocycles. The van der Waals surface area contributed by atoms with E-state index in [1.165, 1.54) is 0 Å². The average molecular weight is 238 g/mol. The van der Waals surface area contributed by atoms with Crippen molar-refractivity contribution in [1.82, 2.24) is 0 Å². The fourth-order valence-corrected chi connectivity index (χ4v) is 2.27. The van der Waals surface area contributed by atoms with Gasteiger partial charge >= 0.3 is 0 Å². The normalized spacial score (nSPS) is 25.7. The van der Waals surface area contributed by atoms with Crippen LogP contribution < -0.4 is 0 Å². The zero-order valence-corrected chi connectivity index (χ0v) is 10.2. The van der Waals surface area contributed by atoms with Gasteiger partial charge in [0, 0.05) is 5.56 Å². The minimum atomic E-state index is -0.706. The fourth-order valence-electron chi connectivity index (χ4n) is 2.27. The first kappa shape index (κ1) is 11.2. The number of Topliss-reactive ketones (excluding diaryl/α,β-unsaturated/α-hetero) is 1. The maximum Gasteiger partial charge on any atom is 0.197 e. The monoisotopic (exact) mass is 238 g/mol. The summed E-state index contributed by atoms with van der Waals surface area (Å²) in [5, 5.41) is 0. The Hall–Kier alpha value is -1.93. The first-order valence-corrected chi connectivity index (χ1v) is 6.04. The molecule has 2 aromatic rings. The van der Waals surface area contributed by atoms with E-state index in [1.807, 2.05) is 67.6 Å². The molecule has 0 spiro atoms. The van der Waals surface area contributed by atoms with Crippen LogP contribution in [0.15, 0.2) is 60.7 Å². The first-order chi connectivity index (χ1) is 8.72. The van der Waals surface area contributed by atoms with Crippen LogP contribution in [0, 0.1) is 0 Å². The SMILES string of the molecule is C[C@]1(C(=O)c2ccccc2)O[C@@H]1c1ccccc1. The Kier molecular flexibility index (Phi) is 2.53. The van der Waals surface area contributed by atoms with Gasteiger partial charge in [-0.3, -0.25) is 4.79 Å². The van der Waals surface area contributed by atoms with Crippen LogP contribution in [0.25, 0.3) is 0 Å². The number of carbonyl (C=O) groups is 1. The molecule has 0 radical (unpaired) electrons. The highest BCUT2D eigenvalue weighted by Gasteiger charge is 2.58. The third-order valence-electron chi connectivity index (χ3n) is 3.39. The van der Waals surface area contributed by atoms with Crippen LogP contribution in [0.1, 0.15) is 28.9 Å². The lowest BCUT2D eigenvalue weighted by molar-refractivity contribution is 0.0888. The van der Waals surface area contributed by atoms with Gasteiger partial charge in [0.2, 0.25) is 0 Å². The van der Waals surface area contributed by atoms with Crippen molar-refractivity contribution in [2.75, 3.05) is 0 Å². The van der Waals surface area contributed by atoms with Crippen LogP contribution in [-0.4, -0.2) is 11.4 Å². The van der Waals surface area contributed by atoms with Crippen LogP contribution in [0.3, 0.4) is 0 Å². The Morgan fingerprint density at radius 2 is 1.56 bits per heavy atom. The fraction of sp³-hybridized carbons (Fsp3) is 0.188. The second kappa shape index (κ2) is 4.07. The van der Waals surface area contributed by atoms with E-state index >= 15 is 0 Å². The Morgan fingerprint density at radius 3 is 2.17 bits per heavy atom. The van der Waals surface area contributed by atoms with Crippen LogP contribution >= 0.6 is 0 Å². The van der Waals surface area contributed by atoms with E-state index in [0.717, 1.165) is 5.56 Å². The zero-order chi connectivity index (χ0) is 12.6. The van der Waals surface area contributed by atoms with E-state index in [2.05, 4.69) is 0 Å². The van der Waals surface area contributed by atoms with Gasteiger partial charge in [-0.2, -0.15) is 0 Å². The summed E-state index contributed by atoms with van der Waals surface area (Å²) in [6.07, 6.45) is -0.119. The van der Waals surface area contributed by atoms with Crippen LogP contribution in [0.4, 0.5) is 0 Å². The van der Waals surface area contributed by atoms with Gasteiger partial charge in [0.05, 0.1) is 0 Å². The standard InChI is InChI=1S/C16H14O2/c1-16(14(17)12-8-4-2-5-9-12)15(18-16)13-10-6-3-7-11-13/h2-11,15H,1H3/t15-,16-/m1/s1. The number of ketones is 1. The number of carbonyl (C=O) groups excluding carboxylic acids is 1. The molecule has 0 aliphatic carbocycles. The van der Waals surface area contributed by atoms with Gasteiger partial charge in [-0.15, -0.1) is 0 Å². The number of hydrogen-bond acceptors (Lipinski definition) is 2. The molecule has 90 valence electrons. The summed E-state index contributed by atoms with van der Waals surface area (Å²) < 4.78 is 5.66. The highest BCUT2D eigenvalue weighted by atomic mass is 16.6. The van der Waals surface area contributed by atoms with Crippen LogP contribution in [0.2, 0.25) is 0 Å². The molecule has 0 unspecified atom stereocenters. The molecule has 1 aliphatic rings. The van der Waals surface area contributed by atoms with Crippen molar-refractivity contribution in [2.45, 2.75) is 18.6 Å². The predicted molar refractivity (Wildman–Crippen MR) is 69.4 cm³/mol. The zero-order valence-electron chi connectivity index (χ0n) is 10.2. The third-order valence-corrected chi connectivity index (χ3v) is 3.39. The van der Waals surface area contributed by atoms with Crippen molar-refractivity contribution in [3.63, 3.8) is 0 Å². The number of rotatable bonds is 3. The second-order valence-electron chi connectivity index (χ2n) is 4.71. The quantitative estimate of drug-likeness (QED) is 0.606. The van der Waals surface area contributed by atoms with E-state index in [9.17, 15) is 4.79 Å². The van der Waals surface area contributed by atoms with Gasteiger partial charge in [-0.25, -0.2) is 0 Å². The number of benzene rings is 2. The molecule has 0 saturated carbocycles. The van der Waals surface area contributed by atoms with E-state index < -0.39 is 5.60 Å². The Bertz CT molecular complexity index is 562. The molecule has 1 fully saturated rings. The molecule has 3 rings (SSSR count). The van der Waals surface area contributed by atoms with Crippen molar-refractivity contribution in [1.29, 1.82) is 0 Å². The van der Waals surface area contributed by atoms with E-state index in [1.54, 1.807) is 0 Å². The van der Waals surface area contributed by atoms with Crippen LogP contribution in [-0.2, 0) is 4.74 Å². The van der Waals surface area contributed by atoms with Crippen molar-refractivity contribution in [3.05, 3.63) is 71.8 Å². The first-order valence-electron chi connectivity index (χ1n) is 6.04. The maximum absolute atomic E-state index is 12.4. The van der Waals surface area contributed by atoms with Crippen molar-refractivity contribution < 1.29 is 9.53 Å². The molecule has 2 nitrogen and oxygen atoms in total. The van der Waals surface area contributed by atoms with Gasteiger partial charge in [-0.05, 0) is 12.5 Å². The molecule has 1 aliphatic heterocycles. The summed E-state index contributed by atoms with van der Waals surface area (Å²) in [5.74, 6) is 0.0527. The Labute approximate surface area is 106 Å². The topological polar surface area (TPSA) is 29.6 Å². The largest absolute Gasteiger partial charge is 0.353 e. The molecule has 0 N–H and O–H groups in total. The molecular weight excluding hydrogens is 224 g/mol. The second-order valence-corrected chi connectivity index (χ2v) is 4.71. The summed E-state index contributed by atoms with van der Waals surface area (Å²) in [7, 11) is 0. The summed E-state index contributed by atoms with van der Waals surface area (Å²) in [6, 6.07) is 19.2. The van der Waals surface area contributed by atoms with Crippen molar-refractivity contribution >= 4 is 5.78 Å².